The van der Waals surface area contributed by atoms with Gasteiger partial charge >= 0.3 is 5.97 Å². The summed E-state index contributed by atoms with van der Waals surface area (Å²) in [4.78, 5) is 24.6. The van der Waals surface area contributed by atoms with Crippen LogP contribution in [0.25, 0.3) is 0 Å². The van der Waals surface area contributed by atoms with Gasteiger partial charge in [0.05, 0.1) is 13.2 Å². The number of carbonyl (C=O) groups excluding carboxylic acids is 2. The molecule has 0 rings (SSSR count). The molecule has 0 aromatic rings. The quantitative estimate of drug-likeness (QED) is 0.0574. The monoisotopic (exact) mass is 570 g/mol. The molecule has 0 saturated carbocycles. The molecule has 0 atom stereocenters. The largest absolute Gasteiger partial charge is 0.463 e. The number of carbonyl (C=O) groups is 2. The molecule has 0 unspecified atom stereocenters. The van der Waals surface area contributed by atoms with Gasteiger partial charge in [-0.1, -0.05) is 155 Å². The second-order valence-electron chi connectivity index (χ2n) is 12.1. The van der Waals surface area contributed by atoms with Crippen molar-refractivity contribution < 1.29 is 24.5 Å². The van der Waals surface area contributed by atoms with Crippen LogP contribution in [-0.4, -0.2) is 47.4 Å². The van der Waals surface area contributed by atoms with Crippen LogP contribution in [0.3, 0.4) is 0 Å². The lowest BCUT2D eigenvalue weighted by atomic mass is 10.0. The Morgan fingerprint density at radius 2 is 0.850 bits per heavy atom. The van der Waals surface area contributed by atoms with Gasteiger partial charge < -0.3 is 20.3 Å². The summed E-state index contributed by atoms with van der Waals surface area (Å²) in [5, 5.41) is 22.4. The number of esters is 1. The lowest BCUT2D eigenvalue weighted by molar-refractivity contribution is -0.149. The summed E-state index contributed by atoms with van der Waals surface area (Å²) < 4.78 is 5.32. The Balaban J connectivity index is 3.80. The third-order valence-electron chi connectivity index (χ3n) is 8.01. The average Bonchev–Trinajstić information content (AvgIpc) is 2.96. The van der Waals surface area contributed by atoms with Gasteiger partial charge in [-0.2, -0.15) is 0 Å². The first-order chi connectivity index (χ1) is 19.5. The topological polar surface area (TPSA) is 95.9 Å². The van der Waals surface area contributed by atoms with Crippen LogP contribution in [0.1, 0.15) is 181 Å². The lowest BCUT2D eigenvalue weighted by Crippen LogP contribution is -2.57. The maximum atomic E-state index is 12.4. The number of amides is 1. The van der Waals surface area contributed by atoms with Gasteiger partial charge in [0.1, 0.15) is 12.1 Å². The molecule has 0 fully saturated rings. The van der Waals surface area contributed by atoms with Gasteiger partial charge in [-0.15, -0.1) is 0 Å². The minimum absolute atomic E-state index is 0.207. The van der Waals surface area contributed by atoms with Crippen LogP contribution in [-0.2, 0) is 14.3 Å². The molecule has 0 radical (unpaired) electrons. The second kappa shape index (κ2) is 29.4. The first-order valence-electron chi connectivity index (χ1n) is 17.2. The van der Waals surface area contributed by atoms with Crippen molar-refractivity contribution in [1.82, 2.24) is 5.32 Å². The van der Waals surface area contributed by atoms with Gasteiger partial charge in [-0.25, -0.2) is 0 Å². The predicted molar refractivity (Wildman–Crippen MR) is 167 cm³/mol. The number of aliphatic hydroxyl groups excluding tert-OH is 2. The predicted octanol–water partition coefficient (Wildman–Crippen LogP) is 8.55. The minimum atomic E-state index is -1.32. The van der Waals surface area contributed by atoms with Crippen LogP contribution in [0, 0.1) is 0 Å². The van der Waals surface area contributed by atoms with E-state index in [0.717, 1.165) is 38.5 Å². The van der Waals surface area contributed by atoms with Gasteiger partial charge in [-0.3, -0.25) is 9.59 Å². The first kappa shape index (κ1) is 38.9. The maximum absolute atomic E-state index is 12.4. The smallest absolute Gasteiger partial charge is 0.305 e. The number of aliphatic hydroxyl groups is 2. The second-order valence-corrected chi connectivity index (χ2v) is 12.1. The normalized spacial score (nSPS) is 11.6. The Hall–Kier alpha value is -1.14. The molecule has 1 amide bonds. The summed E-state index contributed by atoms with van der Waals surface area (Å²) in [6.45, 7) is 3.33. The standard InChI is InChI=1S/C34H67NO5/c1-3-5-7-9-11-13-14-15-16-17-18-20-21-23-25-27-32(38)35-34(29-36,30-37)31-40-33(39)28-26-24-22-19-12-10-8-6-4-2/h36-37H,3-31H2,1-2H3,(H,35,38). The summed E-state index contributed by atoms with van der Waals surface area (Å²) >= 11 is 0. The molecule has 0 bridgehead atoms. The fraction of sp³-hybridized carbons (Fsp3) is 0.941. The van der Waals surface area contributed by atoms with Gasteiger partial charge in [0, 0.05) is 12.8 Å². The Labute approximate surface area is 247 Å². The van der Waals surface area contributed by atoms with Crippen LogP contribution < -0.4 is 5.32 Å². The zero-order valence-electron chi connectivity index (χ0n) is 26.6. The zero-order chi connectivity index (χ0) is 29.6. The molecular weight excluding hydrogens is 502 g/mol. The van der Waals surface area contributed by atoms with E-state index in [9.17, 15) is 19.8 Å². The minimum Gasteiger partial charge on any atom is -0.463 e. The third kappa shape index (κ3) is 24.6. The van der Waals surface area contributed by atoms with Crippen molar-refractivity contribution in [2.75, 3.05) is 19.8 Å². The van der Waals surface area contributed by atoms with Crippen LogP contribution in [0.15, 0.2) is 0 Å². The molecule has 6 heteroatoms. The van der Waals surface area contributed by atoms with Crippen molar-refractivity contribution in [2.45, 2.75) is 186 Å². The number of unbranched alkanes of at least 4 members (excludes halogenated alkanes) is 22. The molecule has 0 aromatic heterocycles. The fourth-order valence-electron chi connectivity index (χ4n) is 5.14. The number of ether oxygens (including phenoxy) is 1. The highest BCUT2D eigenvalue weighted by atomic mass is 16.5. The fourth-order valence-corrected chi connectivity index (χ4v) is 5.14. The zero-order valence-corrected chi connectivity index (χ0v) is 26.6. The molecule has 3 N–H and O–H groups in total. The number of rotatable bonds is 31. The Bertz CT molecular complexity index is 565. The average molecular weight is 570 g/mol. The van der Waals surface area contributed by atoms with Gasteiger partial charge in [0.2, 0.25) is 5.91 Å². The van der Waals surface area contributed by atoms with E-state index in [0.29, 0.717) is 12.8 Å². The summed E-state index contributed by atoms with van der Waals surface area (Å²) in [5.41, 5.74) is -1.32. The molecule has 238 valence electrons. The van der Waals surface area contributed by atoms with Crippen molar-refractivity contribution in [3.05, 3.63) is 0 Å². The van der Waals surface area contributed by atoms with Crippen molar-refractivity contribution >= 4 is 11.9 Å². The van der Waals surface area contributed by atoms with Crippen molar-refractivity contribution in [3.8, 4) is 0 Å². The summed E-state index contributed by atoms with van der Waals surface area (Å²) in [6, 6.07) is 0. The molecule has 0 heterocycles. The summed E-state index contributed by atoms with van der Waals surface area (Å²) in [6.07, 6.45) is 30.3. The first-order valence-corrected chi connectivity index (χ1v) is 17.2. The summed E-state index contributed by atoms with van der Waals surface area (Å²) in [7, 11) is 0. The van der Waals surface area contributed by atoms with E-state index in [1.807, 2.05) is 0 Å². The molecule has 0 aliphatic carbocycles. The Morgan fingerprint density at radius 1 is 0.525 bits per heavy atom. The van der Waals surface area contributed by atoms with Crippen LogP contribution in [0.2, 0.25) is 0 Å². The highest BCUT2D eigenvalue weighted by Gasteiger charge is 2.32. The highest BCUT2D eigenvalue weighted by molar-refractivity contribution is 5.77. The van der Waals surface area contributed by atoms with E-state index in [1.165, 1.54) is 116 Å². The van der Waals surface area contributed by atoms with Crippen molar-refractivity contribution in [2.24, 2.45) is 0 Å². The third-order valence-corrected chi connectivity index (χ3v) is 8.01. The highest BCUT2D eigenvalue weighted by Crippen LogP contribution is 2.15. The number of hydrogen-bond donors (Lipinski definition) is 3. The van der Waals surface area contributed by atoms with E-state index >= 15 is 0 Å². The molecule has 0 aliphatic heterocycles. The van der Waals surface area contributed by atoms with Gasteiger partial charge in [-0.05, 0) is 12.8 Å². The molecule has 0 aromatic carbocycles. The van der Waals surface area contributed by atoms with Crippen LogP contribution in [0.4, 0.5) is 0 Å². The van der Waals surface area contributed by atoms with Crippen LogP contribution >= 0.6 is 0 Å². The molecule has 6 nitrogen and oxygen atoms in total. The van der Waals surface area contributed by atoms with E-state index < -0.39 is 18.8 Å². The van der Waals surface area contributed by atoms with Crippen molar-refractivity contribution in [1.29, 1.82) is 0 Å². The van der Waals surface area contributed by atoms with E-state index in [1.54, 1.807) is 0 Å². The summed E-state index contributed by atoms with van der Waals surface area (Å²) in [5.74, 6) is -0.557. The van der Waals surface area contributed by atoms with E-state index in [-0.39, 0.29) is 18.5 Å². The number of hydrogen-bond acceptors (Lipinski definition) is 5. The SMILES string of the molecule is CCCCCCCCCCCCCCCCCC(=O)NC(CO)(CO)COC(=O)CCCCCCCCCCC. The van der Waals surface area contributed by atoms with Crippen molar-refractivity contribution in [3.63, 3.8) is 0 Å². The Kier molecular flexibility index (Phi) is 28.5. The number of nitrogens with one attached hydrogen (secondary N) is 1. The van der Waals surface area contributed by atoms with Gasteiger partial charge in [0.25, 0.3) is 0 Å². The van der Waals surface area contributed by atoms with E-state index in [4.69, 9.17) is 4.74 Å². The molecule has 0 spiro atoms. The molecule has 40 heavy (non-hydrogen) atoms. The lowest BCUT2D eigenvalue weighted by Gasteiger charge is -2.30. The van der Waals surface area contributed by atoms with Crippen LogP contribution in [0.5, 0.6) is 0 Å². The Morgan fingerprint density at radius 3 is 1.20 bits per heavy atom. The molecule has 0 aliphatic rings. The molecule has 0 saturated heterocycles. The molecular formula is C34H67NO5. The van der Waals surface area contributed by atoms with E-state index in [2.05, 4.69) is 19.2 Å². The van der Waals surface area contributed by atoms with Gasteiger partial charge in [0.15, 0.2) is 0 Å². The maximum Gasteiger partial charge on any atom is 0.305 e.